The number of carbonyl (C=O) groups excluding carboxylic acids is 2. The van der Waals surface area contributed by atoms with Gasteiger partial charge in [-0.3, -0.25) is 14.7 Å². The highest BCUT2D eigenvalue weighted by Crippen LogP contribution is 2.32. The van der Waals surface area contributed by atoms with Crippen LogP contribution in [0.1, 0.15) is 34.5 Å². The van der Waals surface area contributed by atoms with E-state index in [1.807, 2.05) is 0 Å². The van der Waals surface area contributed by atoms with E-state index in [-0.39, 0.29) is 18.6 Å². The molecule has 5 rings (SSSR count). The Morgan fingerprint density at radius 3 is 2.73 bits per heavy atom. The molecule has 0 bridgehead atoms. The summed E-state index contributed by atoms with van der Waals surface area (Å²) in [4.78, 5) is 37.0. The number of cyclic esters (lactones) is 1. The molecular weight excluding hydrogens is 422 g/mol. The Bertz CT molecular complexity index is 1130. The Morgan fingerprint density at radius 1 is 1.12 bits per heavy atom. The average molecular weight is 452 g/mol. The highest BCUT2D eigenvalue weighted by molar-refractivity contribution is 5.95. The van der Waals surface area contributed by atoms with Crippen LogP contribution in [0.4, 0.5) is 16.4 Å². The third kappa shape index (κ3) is 4.01. The topological polar surface area (TPSA) is 96.9 Å². The second-order valence-corrected chi connectivity index (χ2v) is 9.17. The van der Waals surface area contributed by atoms with Crippen LogP contribution in [0, 0.1) is 20.8 Å². The Morgan fingerprint density at radius 2 is 1.91 bits per heavy atom. The van der Waals surface area contributed by atoms with E-state index in [9.17, 15) is 9.59 Å². The number of rotatable bonds is 5. The summed E-state index contributed by atoms with van der Waals surface area (Å²) >= 11 is 0. The number of carbonyl (C=O) groups is 2. The first-order valence-electron chi connectivity index (χ1n) is 11.4. The predicted octanol–water partition coefficient (Wildman–Crippen LogP) is 2.55. The van der Waals surface area contributed by atoms with Crippen molar-refractivity contribution >= 4 is 23.6 Å². The summed E-state index contributed by atoms with van der Waals surface area (Å²) in [6.45, 7) is 7.58. The van der Waals surface area contributed by atoms with Gasteiger partial charge in [-0.15, -0.1) is 0 Å². The summed E-state index contributed by atoms with van der Waals surface area (Å²) < 4.78 is 11.0. The molecule has 2 amide bonds. The van der Waals surface area contributed by atoms with Crippen LogP contribution in [0.15, 0.2) is 12.1 Å². The quantitative estimate of drug-likeness (QED) is 0.746. The van der Waals surface area contributed by atoms with Crippen LogP contribution in [0.25, 0.3) is 0 Å². The van der Waals surface area contributed by atoms with Crippen LogP contribution in [-0.2, 0) is 22.4 Å². The van der Waals surface area contributed by atoms with Gasteiger partial charge >= 0.3 is 6.09 Å². The van der Waals surface area contributed by atoms with Crippen molar-refractivity contribution in [3.8, 4) is 5.75 Å². The highest BCUT2D eigenvalue weighted by Gasteiger charge is 2.35. The minimum Gasteiger partial charge on any atom is -0.480 e. The van der Waals surface area contributed by atoms with Crippen LogP contribution in [0.5, 0.6) is 5.75 Å². The molecule has 9 heteroatoms. The van der Waals surface area contributed by atoms with Crippen molar-refractivity contribution in [2.75, 3.05) is 37.0 Å². The van der Waals surface area contributed by atoms with Gasteiger partial charge in [-0.05, 0) is 75.9 Å². The number of anilines is 2. The lowest BCUT2D eigenvalue weighted by molar-refractivity contribution is -0.118. The molecule has 4 heterocycles. The Balaban J connectivity index is 1.19. The minimum atomic E-state index is -0.417. The van der Waals surface area contributed by atoms with Gasteiger partial charge in [0.1, 0.15) is 11.9 Å². The van der Waals surface area contributed by atoms with Gasteiger partial charge in [0.15, 0.2) is 18.2 Å². The largest absolute Gasteiger partial charge is 0.480 e. The normalized spacial score (nSPS) is 21.5. The Hall–Kier alpha value is -3.20. The van der Waals surface area contributed by atoms with Crippen LogP contribution in [-0.4, -0.2) is 65.8 Å². The first kappa shape index (κ1) is 21.6. The van der Waals surface area contributed by atoms with Gasteiger partial charge in [-0.1, -0.05) is 0 Å². The number of amides is 2. The summed E-state index contributed by atoms with van der Waals surface area (Å²) in [5.41, 5.74) is 6.41. The fourth-order valence-electron chi connectivity index (χ4n) is 4.96. The summed E-state index contributed by atoms with van der Waals surface area (Å²) in [5.74, 6) is 1.01. The van der Waals surface area contributed by atoms with Crippen molar-refractivity contribution in [2.45, 2.75) is 52.2 Å². The van der Waals surface area contributed by atoms with E-state index in [1.54, 1.807) is 12.1 Å². The van der Waals surface area contributed by atoms with Gasteiger partial charge in [0.2, 0.25) is 0 Å². The first-order chi connectivity index (χ1) is 15.8. The predicted molar refractivity (Wildman–Crippen MR) is 123 cm³/mol. The van der Waals surface area contributed by atoms with Crippen LogP contribution < -0.4 is 15.0 Å². The molecule has 0 saturated carbocycles. The molecular formula is C24H29N5O4. The maximum atomic E-state index is 12.5. The van der Waals surface area contributed by atoms with Gasteiger partial charge in [-0.2, -0.15) is 0 Å². The summed E-state index contributed by atoms with van der Waals surface area (Å²) in [6, 6.07) is 3.85. The number of pyridine rings is 2. The highest BCUT2D eigenvalue weighted by atomic mass is 16.6. The van der Waals surface area contributed by atoms with Gasteiger partial charge in [0.25, 0.3) is 5.91 Å². The zero-order chi connectivity index (χ0) is 23.3. The number of aryl methyl sites for hydroxylation is 2. The molecule has 1 aliphatic carbocycles. The second kappa shape index (κ2) is 8.30. The van der Waals surface area contributed by atoms with Gasteiger partial charge in [-0.25, -0.2) is 9.78 Å². The van der Waals surface area contributed by atoms with E-state index in [4.69, 9.17) is 14.5 Å². The molecule has 2 aromatic heterocycles. The molecule has 1 fully saturated rings. The third-order valence-electron chi connectivity index (χ3n) is 7.05. The molecule has 0 spiro atoms. The molecule has 9 nitrogen and oxygen atoms in total. The fraction of sp³-hybridized carbons (Fsp3) is 0.500. The molecule has 2 unspecified atom stereocenters. The molecule has 33 heavy (non-hydrogen) atoms. The zero-order valence-electron chi connectivity index (χ0n) is 19.5. The number of aromatic nitrogens is 2. The fourth-order valence-corrected chi connectivity index (χ4v) is 4.96. The lowest BCUT2D eigenvalue weighted by Gasteiger charge is -2.25. The number of ether oxygens (including phenoxy) is 2. The van der Waals surface area contributed by atoms with E-state index in [0.29, 0.717) is 30.0 Å². The number of hydrogen-bond acceptors (Lipinski definition) is 7. The molecule has 2 aromatic rings. The van der Waals surface area contributed by atoms with Crippen LogP contribution in [0.2, 0.25) is 0 Å². The number of nitrogens with zero attached hydrogens (tertiary/aromatic N) is 4. The van der Waals surface area contributed by atoms with E-state index >= 15 is 0 Å². The summed E-state index contributed by atoms with van der Waals surface area (Å²) in [6.07, 6.45) is 2.16. The molecule has 0 aromatic carbocycles. The summed E-state index contributed by atoms with van der Waals surface area (Å²) in [7, 11) is 2.14. The van der Waals surface area contributed by atoms with Crippen LogP contribution in [0.3, 0.4) is 0 Å². The van der Waals surface area contributed by atoms with Gasteiger partial charge in [0, 0.05) is 24.0 Å². The number of hydrogen-bond donors (Lipinski definition) is 1. The second-order valence-electron chi connectivity index (χ2n) is 9.17. The van der Waals surface area contributed by atoms with Gasteiger partial charge in [0.05, 0.1) is 6.54 Å². The Labute approximate surface area is 193 Å². The standard InChI is InChI=1S/C24H29N5O4/c1-13-14(2)25-15(3)19-10-16(9-18(13)19)28(4)8-7-17-11-29(24(31)33-17)21-6-5-20-23(26-21)27-22(30)12-32-20/h5-6,16-17H,7-12H2,1-4H3,(H,26,27,30). The first-order valence-corrected chi connectivity index (χ1v) is 11.4. The monoisotopic (exact) mass is 451 g/mol. The Kier molecular flexibility index (Phi) is 5.44. The summed E-state index contributed by atoms with van der Waals surface area (Å²) in [5, 5.41) is 2.68. The average Bonchev–Trinajstić information content (AvgIpc) is 3.40. The van der Waals surface area contributed by atoms with Crippen molar-refractivity contribution in [2.24, 2.45) is 0 Å². The molecule has 0 radical (unpaired) electrons. The molecule has 2 aliphatic heterocycles. The number of nitrogens with one attached hydrogen (secondary N) is 1. The van der Waals surface area contributed by atoms with Crippen molar-refractivity contribution < 1.29 is 19.1 Å². The van der Waals surface area contributed by atoms with E-state index in [0.717, 1.165) is 37.2 Å². The third-order valence-corrected chi connectivity index (χ3v) is 7.05. The lowest BCUT2D eigenvalue weighted by atomic mass is 10.0. The van der Waals surface area contributed by atoms with E-state index < -0.39 is 6.09 Å². The van der Waals surface area contributed by atoms with E-state index in [1.165, 1.54) is 21.6 Å². The molecule has 2 atom stereocenters. The van der Waals surface area contributed by atoms with Gasteiger partial charge < -0.3 is 19.7 Å². The SMILES string of the molecule is Cc1nc(C)c2c(c1C)CC(N(C)CCC1CN(c3ccc4c(n3)NC(=O)CO4)C(=O)O1)C2. The van der Waals surface area contributed by atoms with Crippen molar-refractivity contribution in [3.63, 3.8) is 0 Å². The number of likely N-dealkylation sites (N-methyl/N-ethyl adjacent to an activating group) is 1. The maximum Gasteiger partial charge on any atom is 0.415 e. The van der Waals surface area contributed by atoms with E-state index in [2.05, 4.69) is 43.0 Å². The molecule has 1 saturated heterocycles. The molecule has 3 aliphatic rings. The van der Waals surface area contributed by atoms with Crippen molar-refractivity contribution in [3.05, 3.63) is 40.2 Å². The van der Waals surface area contributed by atoms with Crippen LogP contribution >= 0.6 is 0 Å². The van der Waals surface area contributed by atoms with Crippen molar-refractivity contribution in [1.29, 1.82) is 0 Å². The van der Waals surface area contributed by atoms with Crippen molar-refractivity contribution in [1.82, 2.24) is 14.9 Å². The molecule has 1 N–H and O–H groups in total. The lowest BCUT2D eigenvalue weighted by Crippen LogP contribution is -2.35. The smallest absolute Gasteiger partial charge is 0.415 e. The zero-order valence-corrected chi connectivity index (χ0v) is 19.5. The maximum absolute atomic E-state index is 12.5. The number of fused-ring (bicyclic) bond motifs is 2. The minimum absolute atomic E-state index is 0.0310. The molecule has 174 valence electrons.